The SMILES string of the molecule is Cc1ccc(OCCc2ccccn2)c(CNC(C)C)c1. The normalized spacial score (nSPS) is 10.9. The van der Waals surface area contributed by atoms with Crippen molar-refractivity contribution in [3.05, 3.63) is 59.4 Å². The molecule has 0 saturated heterocycles. The lowest BCUT2D eigenvalue weighted by atomic mass is 10.1. The molecule has 0 unspecified atom stereocenters. The average molecular weight is 284 g/mol. The third kappa shape index (κ3) is 5.20. The zero-order chi connectivity index (χ0) is 15.1. The highest BCUT2D eigenvalue weighted by atomic mass is 16.5. The van der Waals surface area contributed by atoms with Crippen molar-refractivity contribution in [2.45, 2.75) is 39.8 Å². The predicted octanol–water partition coefficient (Wildman–Crippen LogP) is 3.51. The van der Waals surface area contributed by atoms with Crippen molar-refractivity contribution in [1.82, 2.24) is 10.3 Å². The minimum absolute atomic E-state index is 0.465. The maximum absolute atomic E-state index is 5.95. The Balaban J connectivity index is 1.95. The Morgan fingerprint density at radius 1 is 1.19 bits per heavy atom. The zero-order valence-corrected chi connectivity index (χ0v) is 13.1. The van der Waals surface area contributed by atoms with Crippen LogP contribution in [0.1, 0.15) is 30.7 Å². The zero-order valence-electron chi connectivity index (χ0n) is 13.1. The van der Waals surface area contributed by atoms with Crippen molar-refractivity contribution < 1.29 is 4.74 Å². The molecule has 0 saturated carbocycles. The van der Waals surface area contributed by atoms with Crippen LogP contribution in [0, 0.1) is 6.92 Å². The fourth-order valence-corrected chi connectivity index (χ4v) is 2.11. The van der Waals surface area contributed by atoms with Crippen LogP contribution in [0.15, 0.2) is 42.6 Å². The van der Waals surface area contributed by atoms with Gasteiger partial charge in [-0.05, 0) is 25.1 Å². The van der Waals surface area contributed by atoms with Gasteiger partial charge in [0.15, 0.2) is 0 Å². The second-order valence-corrected chi connectivity index (χ2v) is 5.57. The first-order valence-corrected chi connectivity index (χ1v) is 7.51. The second kappa shape index (κ2) is 7.79. The third-order valence-electron chi connectivity index (χ3n) is 3.26. The fraction of sp³-hybridized carbons (Fsp3) is 0.389. The molecule has 1 aromatic carbocycles. The lowest BCUT2D eigenvalue weighted by molar-refractivity contribution is 0.316. The molecule has 0 amide bonds. The molecule has 1 aromatic heterocycles. The van der Waals surface area contributed by atoms with Crippen LogP contribution >= 0.6 is 0 Å². The van der Waals surface area contributed by atoms with Crippen LogP contribution in [-0.4, -0.2) is 17.6 Å². The molecule has 0 aliphatic heterocycles. The first kappa shape index (κ1) is 15.5. The van der Waals surface area contributed by atoms with Crippen LogP contribution in [-0.2, 0) is 13.0 Å². The van der Waals surface area contributed by atoms with Gasteiger partial charge in [0.1, 0.15) is 5.75 Å². The van der Waals surface area contributed by atoms with E-state index in [0.717, 1.165) is 24.4 Å². The molecule has 0 fully saturated rings. The molecule has 0 aliphatic rings. The van der Waals surface area contributed by atoms with Crippen LogP contribution in [0.4, 0.5) is 0 Å². The lowest BCUT2D eigenvalue weighted by Crippen LogP contribution is -2.22. The molecule has 3 heteroatoms. The standard InChI is InChI=1S/C18H24N2O/c1-14(2)20-13-16-12-15(3)7-8-18(16)21-11-9-17-6-4-5-10-19-17/h4-8,10,12,14,20H,9,11,13H2,1-3H3. The minimum atomic E-state index is 0.465. The highest BCUT2D eigenvalue weighted by Crippen LogP contribution is 2.20. The molecule has 21 heavy (non-hydrogen) atoms. The first-order chi connectivity index (χ1) is 10.1. The molecule has 2 aromatic rings. The van der Waals surface area contributed by atoms with E-state index in [1.165, 1.54) is 11.1 Å². The lowest BCUT2D eigenvalue weighted by Gasteiger charge is -2.14. The van der Waals surface area contributed by atoms with E-state index in [4.69, 9.17) is 4.74 Å². The Kier molecular flexibility index (Phi) is 5.76. The van der Waals surface area contributed by atoms with Gasteiger partial charge in [-0.3, -0.25) is 4.98 Å². The van der Waals surface area contributed by atoms with Gasteiger partial charge < -0.3 is 10.1 Å². The number of ether oxygens (including phenoxy) is 1. The van der Waals surface area contributed by atoms with Crippen molar-refractivity contribution >= 4 is 0 Å². The van der Waals surface area contributed by atoms with E-state index >= 15 is 0 Å². The van der Waals surface area contributed by atoms with E-state index in [0.29, 0.717) is 12.6 Å². The Hall–Kier alpha value is -1.87. The molecule has 3 nitrogen and oxygen atoms in total. The Labute approximate surface area is 127 Å². The number of aromatic nitrogens is 1. The molecule has 0 bridgehead atoms. The summed E-state index contributed by atoms with van der Waals surface area (Å²) in [6.45, 7) is 7.89. The minimum Gasteiger partial charge on any atom is -0.493 e. The number of hydrogen-bond acceptors (Lipinski definition) is 3. The number of nitrogens with zero attached hydrogens (tertiary/aromatic N) is 1. The Bertz CT molecular complexity index is 552. The topological polar surface area (TPSA) is 34.1 Å². The van der Waals surface area contributed by atoms with E-state index in [-0.39, 0.29) is 0 Å². The summed E-state index contributed by atoms with van der Waals surface area (Å²) >= 11 is 0. The summed E-state index contributed by atoms with van der Waals surface area (Å²) in [5.74, 6) is 0.963. The summed E-state index contributed by atoms with van der Waals surface area (Å²) in [7, 11) is 0. The van der Waals surface area contributed by atoms with Crippen LogP contribution in [0.3, 0.4) is 0 Å². The average Bonchev–Trinajstić information content (AvgIpc) is 2.48. The second-order valence-electron chi connectivity index (χ2n) is 5.57. The summed E-state index contributed by atoms with van der Waals surface area (Å²) in [4.78, 5) is 4.31. The van der Waals surface area contributed by atoms with Gasteiger partial charge in [0.25, 0.3) is 0 Å². The Morgan fingerprint density at radius 2 is 2.05 bits per heavy atom. The van der Waals surface area contributed by atoms with Crippen LogP contribution < -0.4 is 10.1 Å². The van der Waals surface area contributed by atoms with Gasteiger partial charge in [-0.2, -0.15) is 0 Å². The van der Waals surface area contributed by atoms with Gasteiger partial charge in [-0.25, -0.2) is 0 Å². The van der Waals surface area contributed by atoms with E-state index in [2.05, 4.69) is 49.3 Å². The van der Waals surface area contributed by atoms with Crippen LogP contribution in [0.2, 0.25) is 0 Å². The van der Waals surface area contributed by atoms with E-state index in [9.17, 15) is 0 Å². The number of pyridine rings is 1. The smallest absolute Gasteiger partial charge is 0.123 e. The first-order valence-electron chi connectivity index (χ1n) is 7.51. The largest absolute Gasteiger partial charge is 0.493 e. The maximum atomic E-state index is 5.95. The van der Waals surface area contributed by atoms with E-state index in [1.807, 2.05) is 24.4 Å². The number of hydrogen-bond donors (Lipinski definition) is 1. The van der Waals surface area contributed by atoms with Crippen molar-refractivity contribution in [3.63, 3.8) is 0 Å². The molecule has 0 atom stereocenters. The molecule has 0 aliphatic carbocycles. The van der Waals surface area contributed by atoms with Gasteiger partial charge in [0, 0.05) is 36.5 Å². The predicted molar refractivity (Wildman–Crippen MR) is 86.6 cm³/mol. The highest BCUT2D eigenvalue weighted by Gasteiger charge is 2.05. The van der Waals surface area contributed by atoms with Gasteiger partial charge in [-0.15, -0.1) is 0 Å². The van der Waals surface area contributed by atoms with Gasteiger partial charge >= 0.3 is 0 Å². The highest BCUT2D eigenvalue weighted by molar-refractivity contribution is 5.36. The molecule has 2 rings (SSSR count). The number of rotatable bonds is 7. The Morgan fingerprint density at radius 3 is 2.76 bits per heavy atom. The molecular weight excluding hydrogens is 260 g/mol. The summed E-state index contributed by atoms with van der Waals surface area (Å²) in [5.41, 5.74) is 3.53. The van der Waals surface area contributed by atoms with Crippen LogP contribution in [0.5, 0.6) is 5.75 Å². The quantitative estimate of drug-likeness (QED) is 0.845. The van der Waals surface area contributed by atoms with Crippen molar-refractivity contribution in [2.24, 2.45) is 0 Å². The number of aryl methyl sites for hydroxylation is 1. The molecule has 112 valence electrons. The third-order valence-corrected chi connectivity index (χ3v) is 3.26. The molecule has 0 spiro atoms. The van der Waals surface area contributed by atoms with Crippen molar-refractivity contribution in [3.8, 4) is 5.75 Å². The fourth-order valence-electron chi connectivity index (χ4n) is 2.11. The van der Waals surface area contributed by atoms with E-state index < -0.39 is 0 Å². The molecular formula is C18H24N2O. The molecule has 0 radical (unpaired) electrons. The maximum Gasteiger partial charge on any atom is 0.123 e. The summed E-state index contributed by atoms with van der Waals surface area (Å²) in [5, 5.41) is 3.45. The summed E-state index contributed by atoms with van der Waals surface area (Å²) in [6, 6.07) is 12.8. The monoisotopic (exact) mass is 284 g/mol. The number of benzene rings is 1. The van der Waals surface area contributed by atoms with Gasteiger partial charge in [0.05, 0.1) is 6.61 Å². The molecule has 1 heterocycles. The van der Waals surface area contributed by atoms with Gasteiger partial charge in [0.2, 0.25) is 0 Å². The van der Waals surface area contributed by atoms with Crippen LogP contribution in [0.25, 0.3) is 0 Å². The van der Waals surface area contributed by atoms with Gasteiger partial charge in [-0.1, -0.05) is 37.6 Å². The van der Waals surface area contributed by atoms with E-state index in [1.54, 1.807) is 0 Å². The summed E-state index contributed by atoms with van der Waals surface area (Å²) < 4.78 is 5.95. The summed E-state index contributed by atoms with van der Waals surface area (Å²) in [6.07, 6.45) is 2.64. The number of nitrogens with one attached hydrogen (secondary N) is 1. The van der Waals surface area contributed by atoms with Crippen molar-refractivity contribution in [1.29, 1.82) is 0 Å². The van der Waals surface area contributed by atoms with Crippen molar-refractivity contribution in [2.75, 3.05) is 6.61 Å². The molecule has 1 N–H and O–H groups in total.